The van der Waals surface area contributed by atoms with Crippen molar-refractivity contribution in [3.63, 3.8) is 0 Å². The number of likely N-dealkylation sites (tertiary alicyclic amines) is 1. The number of imide groups is 1. The molecule has 0 bridgehead atoms. The van der Waals surface area contributed by atoms with Gasteiger partial charge in [-0.2, -0.15) is 0 Å². The molecule has 1 aromatic carbocycles. The first-order valence-corrected chi connectivity index (χ1v) is 7.52. The number of carboxylic acid groups (broad SMARTS) is 1. The van der Waals surface area contributed by atoms with Crippen LogP contribution in [0.2, 0.25) is 0 Å². The molecule has 2 rings (SSSR count). The van der Waals surface area contributed by atoms with Crippen LogP contribution in [-0.2, 0) is 9.59 Å². The molecule has 1 aromatic rings. The summed E-state index contributed by atoms with van der Waals surface area (Å²) in [6.07, 6.45) is 1.26. The molecule has 0 saturated carbocycles. The quantitative estimate of drug-likeness (QED) is 0.781. The molecule has 0 unspecified atom stereocenters. The number of hydrogen-bond donors (Lipinski definition) is 3. The molecule has 1 fully saturated rings. The summed E-state index contributed by atoms with van der Waals surface area (Å²) in [5.41, 5.74) is 2.61. The predicted octanol–water partition coefficient (Wildman–Crippen LogP) is 1.50. The van der Waals surface area contributed by atoms with Crippen LogP contribution in [0, 0.1) is 13.8 Å². The van der Waals surface area contributed by atoms with E-state index in [2.05, 4.69) is 10.6 Å². The number of carbonyl (C=O) groups excluding carboxylic acids is 2. The number of nitrogens with one attached hydrogen (secondary N) is 2. The van der Waals surface area contributed by atoms with Crippen molar-refractivity contribution in [3.8, 4) is 0 Å². The van der Waals surface area contributed by atoms with E-state index >= 15 is 0 Å². The Morgan fingerprint density at radius 2 is 2.04 bits per heavy atom. The second-order valence-corrected chi connectivity index (χ2v) is 5.72. The highest BCUT2D eigenvalue weighted by Crippen LogP contribution is 2.18. The van der Waals surface area contributed by atoms with Crippen molar-refractivity contribution in [1.29, 1.82) is 0 Å². The van der Waals surface area contributed by atoms with Gasteiger partial charge in [0, 0.05) is 5.69 Å². The summed E-state index contributed by atoms with van der Waals surface area (Å²) >= 11 is 0. The fraction of sp³-hybridized carbons (Fsp3) is 0.438. The first-order valence-electron chi connectivity index (χ1n) is 7.52. The van der Waals surface area contributed by atoms with Crippen molar-refractivity contribution >= 4 is 23.6 Å². The molecule has 1 saturated heterocycles. The van der Waals surface area contributed by atoms with Crippen LogP contribution in [0.15, 0.2) is 18.2 Å². The van der Waals surface area contributed by atoms with Crippen LogP contribution in [0.4, 0.5) is 10.5 Å². The van der Waals surface area contributed by atoms with Gasteiger partial charge >= 0.3 is 12.0 Å². The van der Waals surface area contributed by atoms with Gasteiger partial charge in [0.25, 0.3) is 0 Å². The number of rotatable bonds is 4. The second-order valence-electron chi connectivity index (χ2n) is 5.72. The Bertz CT molecular complexity index is 630. The number of benzene rings is 1. The van der Waals surface area contributed by atoms with Crippen LogP contribution in [0.25, 0.3) is 0 Å². The number of aryl methyl sites for hydroxylation is 1. The lowest BCUT2D eigenvalue weighted by atomic mass is 10.1. The first-order chi connectivity index (χ1) is 10.9. The van der Waals surface area contributed by atoms with Crippen LogP contribution in [0.1, 0.15) is 24.0 Å². The third-order valence-electron chi connectivity index (χ3n) is 4.10. The van der Waals surface area contributed by atoms with Gasteiger partial charge in [0.2, 0.25) is 5.91 Å². The van der Waals surface area contributed by atoms with Gasteiger partial charge in [0.15, 0.2) is 0 Å². The smallest absolute Gasteiger partial charge is 0.325 e. The summed E-state index contributed by atoms with van der Waals surface area (Å²) in [6.45, 7) is 4.26. The summed E-state index contributed by atoms with van der Waals surface area (Å²) in [5, 5.41) is 14.0. The van der Waals surface area contributed by atoms with Gasteiger partial charge in [0.05, 0.1) is 6.54 Å². The zero-order chi connectivity index (χ0) is 17.0. The lowest BCUT2D eigenvalue weighted by molar-refractivity contribution is -0.142. The van der Waals surface area contributed by atoms with Crippen molar-refractivity contribution < 1.29 is 19.5 Å². The Hall–Kier alpha value is -2.41. The number of hydrogen-bond acceptors (Lipinski definition) is 4. The van der Waals surface area contributed by atoms with Crippen molar-refractivity contribution in [2.45, 2.75) is 32.7 Å². The lowest BCUT2D eigenvalue weighted by Crippen LogP contribution is -2.45. The average molecular weight is 319 g/mol. The van der Waals surface area contributed by atoms with E-state index in [1.807, 2.05) is 26.0 Å². The van der Waals surface area contributed by atoms with E-state index in [1.165, 1.54) is 0 Å². The molecule has 0 aliphatic carbocycles. The standard InChI is InChI=1S/C16H21N3O4/c1-10-5-3-6-12(11(10)2)17-16(23)18-14(20)9-19-8-4-7-13(19)15(21)22/h3,5-6,13H,4,7-9H2,1-2H3,(H,21,22)(H2,17,18,20,23)/t13-/m0/s1. The number of carboxylic acids is 1. The fourth-order valence-electron chi connectivity index (χ4n) is 2.69. The summed E-state index contributed by atoms with van der Waals surface area (Å²) in [7, 11) is 0. The van der Waals surface area contributed by atoms with Gasteiger partial charge in [-0.3, -0.25) is 19.8 Å². The van der Waals surface area contributed by atoms with E-state index in [0.29, 0.717) is 18.7 Å². The molecule has 3 amide bonds. The van der Waals surface area contributed by atoms with Gasteiger partial charge < -0.3 is 10.4 Å². The Kier molecular flexibility index (Phi) is 5.33. The Labute approximate surface area is 134 Å². The van der Waals surface area contributed by atoms with Crippen molar-refractivity contribution in [2.75, 3.05) is 18.4 Å². The minimum atomic E-state index is -0.935. The molecule has 7 heteroatoms. The SMILES string of the molecule is Cc1cccc(NC(=O)NC(=O)CN2CCC[C@H]2C(=O)O)c1C. The maximum atomic E-state index is 11.9. The van der Waals surface area contributed by atoms with Gasteiger partial charge in [0.1, 0.15) is 6.04 Å². The summed E-state index contributed by atoms with van der Waals surface area (Å²) in [6, 6.07) is 4.25. The molecular formula is C16H21N3O4. The number of amides is 3. The molecule has 1 heterocycles. The first kappa shape index (κ1) is 17.0. The van der Waals surface area contributed by atoms with Gasteiger partial charge in [-0.05, 0) is 50.4 Å². The monoisotopic (exact) mass is 319 g/mol. The van der Waals surface area contributed by atoms with Gasteiger partial charge in [-0.25, -0.2) is 4.79 Å². The van der Waals surface area contributed by atoms with E-state index in [0.717, 1.165) is 17.5 Å². The highest BCUT2D eigenvalue weighted by atomic mass is 16.4. The molecule has 124 valence electrons. The summed E-state index contributed by atoms with van der Waals surface area (Å²) in [5.74, 6) is -1.45. The molecular weight excluding hydrogens is 298 g/mol. The molecule has 1 aliphatic heterocycles. The van der Waals surface area contributed by atoms with E-state index in [9.17, 15) is 14.4 Å². The fourth-order valence-corrected chi connectivity index (χ4v) is 2.69. The molecule has 1 aliphatic rings. The van der Waals surface area contributed by atoms with Crippen LogP contribution in [-0.4, -0.2) is 47.0 Å². The molecule has 7 nitrogen and oxygen atoms in total. The number of nitrogens with zero attached hydrogens (tertiary/aromatic N) is 1. The molecule has 3 N–H and O–H groups in total. The van der Waals surface area contributed by atoms with Gasteiger partial charge in [-0.1, -0.05) is 12.1 Å². The summed E-state index contributed by atoms with van der Waals surface area (Å²) < 4.78 is 0. The predicted molar refractivity (Wildman–Crippen MR) is 85.3 cm³/mol. The minimum Gasteiger partial charge on any atom is -0.480 e. The van der Waals surface area contributed by atoms with E-state index in [1.54, 1.807) is 11.0 Å². The third kappa shape index (κ3) is 4.29. The zero-order valence-electron chi connectivity index (χ0n) is 13.3. The van der Waals surface area contributed by atoms with Crippen LogP contribution in [0.3, 0.4) is 0 Å². The Morgan fingerprint density at radius 1 is 1.30 bits per heavy atom. The maximum absolute atomic E-state index is 11.9. The molecule has 0 aromatic heterocycles. The van der Waals surface area contributed by atoms with Crippen molar-refractivity contribution in [2.24, 2.45) is 0 Å². The lowest BCUT2D eigenvalue weighted by Gasteiger charge is -2.20. The normalized spacial score (nSPS) is 17.7. The van der Waals surface area contributed by atoms with Crippen LogP contribution in [0.5, 0.6) is 0 Å². The van der Waals surface area contributed by atoms with Gasteiger partial charge in [-0.15, -0.1) is 0 Å². The Morgan fingerprint density at radius 3 is 2.74 bits per heavy atom. The second kappa shape index (κ2) is 7.23. The van der Waals surface area contributed by atoms with Crippen molar-refractivity contribution in [1.82, 2.24) is 10.2 Å². The van der Waals surface area contributed by atoms with Crippen LogP contribution >= 0.6 is 0 Å². The largest absolute Gasteiger partial charge is 0.480 e. The van der Waals surface area contributed by atoms with E-state index < -0.39 is 23.9 Å². The van der Waals surface area contributed by atoms with Crippen molar-refractivity contribution in [3.05, 3.63) is 29.3 Å². The minimum absolute atomic E-state index is 0.100. The molecule has 0 spiro atoms. The number of urea groups is 1. The molecule has 23 heavy (non-hydrogen) atoms. The maximum Gasteiger partial charge on any atom is 0.325 e. The third-order valence-corrected chi connectivity index (χ3v) is 4.10. The highest BCUT2D eigenvalue weighted by molar-refractivity contribution is 6.02. The average Bonchev–Trinajstić information content (AvgIpc) is 2.92. The Balaban J connectivity index is 1.89. The topological polar surface area (TPSA) is 98.7 Å². The number of anilines is 1. The summed E-state index contributed by atoms with van der Waals surface area (Å²) in [4.78, 5) is 36.5. The highest BCUT2D eigenvalue weighted by Gasteiger charge is 2.31. The molecule has 0 radical (unpaired) electrons. The van der Waals surface area contributed by atoms with E-state index in [4.69, 9.17) is 5.11 Å². The van der Waals surface area contributed by atoms with Crippen LogP contribution < -0.4 is 10.6 Å². The number of aliphatic carboxylic acids is 1. The number of carbonyl (C=O) groups is 3. The zero-order valence-corrected chi connectivity index (χ0v) is 13.3. The molecule has 1 atom stereocenters. The van der Waals surface area contributed by atoms with E-state index in [-0.39, 0.29) is 6.54 Å².